The fourth-order valence-electron chi connectivity index (χ4n) is 1.52. The molecule has 0 saturated heterocycles. The molecule has 0 radical (unpaired) electrons. The monoisotopic (exact) mass is 237 g/mol. The highest BCUT2D eigenvalue weighted by molar-refractivity contribution is 5.63. The molecule has 2 N–H and O–H groups in total. The Kier molecular flexibility index (Phi) is 3.37. The first-order valence-corrected chi connectivity index (χ1v) is 5.46. The first-order valence-electron chi connectivity index (χ1n) is 5.46. The van der Waals surface area contributed by atoms with Gasteiger partial charge in [-0.1, -0.05) is 13.0 Å². The molecule has 2 rings (SSSR count). The fraction of sp³-hybridized carbons (Fsp3) is 0.250. The molecule has 0 aliphatic heterocycles. The quantitative estimate of drug-likeness (QED) is 0.857. The van der Waals surface area contributed by atoms with Crippen LogP contribution in [0.2, 0.25) is 0 Å². The Morgan fingerprint density at radius 2 is 2.18 bits per heavy atom. The largest absolute Gasteiger partial charge is 0.369 e. The number of H-pyrrole nitrogens is 1. The number of hydrogen-bond acceptors (Lipinski definition) is 2. The summed E-state index contributed by atoms with van der Waals surface area (Å²) < 4.78 is 26.6. The summed E-state index contributed by atoms with van der Waals surface area (Å²) in [4.78, 5) is 0. The molecule has 1 heterocycles. The van der Waals surface area contributed by atoms with Crippen LogP contribution in [0.5, 0.6) is 0 Å². The zero-order valence-corrected chi connectivity index (χ0v) is 9.43. The van der Waals surface area contributed by atoms with Crippen molar-refractivity contribution < 1.29 is 8.78 Å². The van der Waals surface area contributed by atoms with Gasteiger partial charge < -0.3 is 5.32 Å². The molecule has 0 atom stereocenters. The van der Waals surface area contributed by atoms with Crippen molar-refractivity contribution in [2.75, 3.05) is 11.9 Å². The van der Waals surface area contributed by atoms with Gasteiger partial charge in [-0.3, -0.25) is 5.10 Å². The van der Waals surface area contributed by atoms with E-state index in [2.05, 4.69) is 15.5 Å². The van der Waals surface area contributed by atoms with Crippen LogP contribution in [-0.4, -0.2) is 16.7 Å². The van der Waals surface area contributed by atoms with E-state index in [4.69, 9.17) is 0 Å². The first-order chi connectivity index (χ1) is 8.22. The number of aromatic nitrogens is 2. The molecular formula is C12H13F2N3. The smallest absolute Gasteiger partial charge is 0.168 e. The molecule has 0 spiro atoms. The van der Waals surface area contributed by atoms with Crippen LogP contribution in [-0.2, 0) is 0 Å². The van der Waals surface area contributed by atoms with Crippen LogP contribution in [0.15, 0.2) is 24.3 Å². The fourth-order valence-corrected chi connectivity index (χ4v) is 1.52. The molecule has 1 aromatic heterocycles. The molecule has 5 heteroatoms. The van der Waals surface area contributed by atoms with Crippen LogP contribution in [0.25, 0.3) is 11.3 Å². The maximum absolute atomic E-state index is 13.5. The van der Waals surface area contributed by atoms with E-state index in [0.717, 1.165) is 19.0 Å². The van der Waals surface area contributed by atoms with E-state index in [1.807, 2.05) is 6.92 Å². The molecule has 0 aliphatic rings. The summed E-state index contributed by atoms with van der Waals surface area (Å²) in [5, 5.41) is 9.72. The van der Waals surface area contributed by atoms with Gasteiger partial charge in [-0.05, 0) is 18.6 Å². The Labute approximate surface area is 97.9 Å². The predicted octanol–water partition coefficient (Wildman–Crippen LogP) is 3.18. The van der Waals surface area contributed by atoms with Crippen molar-refractivity contribution >= 4 is 5.82 Å². The number of halogens is 2. The Bertz CT molecular complexity index is 508. The van der Waals surface area contributed by atoms with E-state index >= 15 is 0 Å². The highest BCUT2D eigenvalue weighted by Gasteiger charge is 2.11. The van der Waals surface area contributed by atoms with Crippen LogP contribution in [0.1, 0.15) is 13.3 Å². The van der Waals surface area contributed by atoms with Gasteiger partial charge in [0.25, 0.3) is 0 Å². The predicted molar refractivity (Wildman–Crippen MR) is 62.7 cm³/mol. The van der Waals surface area contributed by atoms with Crippen LogP contribution in [0.4, 0.5) is 14.6 Å². The van der Waals surface area contributed by atoms with Gasteiger partial charge in [0.2, 0.25) is 0 Å². The Balaban J connectivity index is 2.27. The molecule has 0 bridgehead atoms. The van der Waals surface area contributed by atoms with Gasteiger partial charge in [-0.25, -0.2) is 8.78 Å². The molecule has 0 fully saturated rings. The average Bonchev–Trinajstić information content (AvgIpc) is 2.78. The van der Waals surface area contributed by atoms with E-state index in [1.165, 1.54) is 12.1 Å². The first kappa shape index (κ1) is 11.6. The maximum Gasteiger partial charge on any atom is 0.168 e. The molecular weight excluding hydrogens is 224 g/mol. The van der Waals surface area contributed by atoms with Crippen molar-refractivity contribution in [1.82, 2.24) is 10.2 Å². The van der Waals surface area contributed by atoms with Crippen molar-refractivity contribution in [3.63, 3.8) is 0 Å². The second-order valence-corrected chi connectivity index (χ2v) is 3.70. The maximum atomic E-state index is 13.5. The third-order valence-corrected chi connectivity index (χ3v) is 2.38. The molecule has 1 aromatic carbocycles. The van der Waals surface area contributed by atoms with Crippen LogP contribution in [0, 0.1) is 11.6 Å². The molecule has 2 aromatic rings. The number of nitrogens with zero attached hydrogens (tertiary/aromatic N) is 1. The Hall–Kier alpha value is -1.91. The standard InChI is InChI=1S/C12H13F2N3/c1-2-6-15-11-7-10(16-17-11)8-4-3-5-9(13)12(8)14/h3-5,7H,2,6H2,1H3,(H2,15,16,17). The lowest BCUT2D eigenvalue weighted by Gasteiger charge is -2.00. The van der Waals surface area contributed by atoms with Crippen molar-refractivity contribution in [3.05, 3.63) is 35.9 Å². The van der Waals surface area contributed by atoms with Gasteiger partial charge in [-0.2, -0.15) is 5.10 Å². The number of aromatic amines is 1. The molecule has 90 valence electrons. The zero-order valence-electron chi connectivity index (χ0n) is 9.43. The van der Waals surface area contributed by atoms with Gasteiger partial charge in [0.15, 0.2) is 11.6 Å². The van der Waals surface area contributed by atoms with Crippen molar-refractivity contribution in [2.45, 2.75) is 13.3 Å². The van der Waals surface area contributed by atoms with E-state index < -0.39 is 11.6 Å². The topological polar surface area (TPSA) is 40.7 Å². The van der Waals surface area contributed by atoms with E-state index in [1.54, 1.807) is 6.07 Å². The zero-order chi connectivity index (χ0) is 12.3. The minimum absolute atomic E-state index is 0.182. The highest BCUT2D eigenvalue weighted by Crippen LogP contribution is 2.24. The van der Waals surface area contributed by atoms with Gasteiger partial charge in [0.05, 0.1) is 5.69 Å². The molecule has 3 nitrogen and oxygen atoms in total. The third kappa shape index (κ3) is 2.43. The Morgan fingerprint density at radius 3 is 2.94 bits per heavy atom. The van der Waals surface area contributed by atoms with Crippen LogP contribution in [0.3, 0.4) is 0 Å². The van der Waals surface area contributed by atoms with E-state index in [-0.39, 0.29) is 5.56 Å². The summed E-state index contributed by atoms with van der Waals surface area (Å²) in [7, 11) is 0. The van der Waals surface area contributed by atoms with Crippen molar-refractivity contribution in [3.8, 4) is 11.3 Å². The second-order valence-electron chi connectivity index (χ2n) is 3.70. The molecule has 17 heavy (non-hydrogen) atoms. The molecule has 0 amide bonds. The third-order valence-electron chi connectivity index (χ3n) is 2.38. The minimum atomic E-state index is -0.863. The van der Waals surface area contributed by atoms with Gasteiger partial charge in [0.1, 0.15) is 5.82 Å². The highest BCUT2D eigenvalue weighted by atomic mass is 19.2. The summed E-state index contributed by atoms with van der Waals surface area (Å²) in [6.45, 7) is 2.82. The summed E-state index contributed by atoms with van der Waals surface area (Å²) in [6, 6.07) is 5.72. The van der Waals surface area contributed by atoms with Gasteiger partial charge in [-0.15, -0.1) is 0 Å². The van der Waals surface area contributed by atoms with Crippen molar-refractivity contribution in [2.24, 2.45) is 0 Å². The SMILES string of the molecule is CCCNc1cc(-c2cccc(F)c2F)[nH]n1. The Morgan fingerprint density at radius 1 is 1.35 bits per heavy atom. The number of benzene rings is 1. The van der Waals surface area contributed by atoms with Gasteiger partial charge >= 0.3 is 0 Å². The molecule has 0 saturated carbocycles. The number of hydrogen-bond donors (Lipinski definition) is 2. The number of rotatable bonds is 4. The summed E-state index contributed by atoms with van der Waals surface area (Å²) in [5.74, 6) is -1.09. The van der Waals surface area contributed by atoms with Crippen LogP contribution >= 0.6 is 0 Å². The van der Waals surface area contributed by atoms with Crippen LogP contribution < -0.4 is 5.32 Å². The van der Waals surface area contributed by atoms with Crippen molar-refractivity contribution in [1.29, 1.82) is 0 Å². The lowest BCUT2D eigenvalue weighted by molar-refractivity contribution is 0.511. The number of anilines is 1. The number of nitrogens with one attached hydrogen (secondary N) is 2. The summed E-state index contributed by atoms with van der Waals surface area (Å²) >= 11 is 0. The van der Waals surface area contributed by atoms with E-state index in [9.17, 15) is 8.78 Å². The normalized spacial score (nSPS) is 10.5. The summed E-state index contributed by atoms with van der Waals surface area (Å²) in [5.41, 5.74) is 0.641. The second kappa shape index (κ2) is 4.95. The summed E-state index contributed by atoms with van der Waals surface area (Å²) in [6.07, 6.45) is 0.969. The lowest BCUT2D eigenvalue weighted by Crippen LogP contribution is -1.99. The lowest BCUT2D eigenvalue weighted by atomic mass is 10.1. The molecule has 0 aliphatic carbocycles. The minimum Gasteiger partial charge on any atom is -0.369 e. The molecule has 0 unspecified atom stereocenters. The van der Waals surface area contributed by atoms with Gasteiger partial charge in [0, 0.05) is 18.2 Å². The average molecular weight is 237 g/mol. The van der Waals surface area contributed by atoms with E-state index in [0.29, 0.717) is 11.5 Å².